The van der Waals surface area contributed by atoms with Gasteiger partial charge in [-0.25, -0.2) is 0 Å². The first kappa shape index (κ1) is 22.0. The van der Waals surface area contributed by atoms with Gasteiger partial charge in [-0.1, -0.05) is 30.3 Å². The number of likely N-dealkylation sites (tertiary alicyclic amines) is 1. The number of rotatable bonds is 9. The third kappa shape index (κ3) is 5.34. The molecule has 7 heteroatoms. The fourth-order valence-corrected chi connectivity index (χ4v) is 5.10. The van der Waals surface area contributed by atoms with Gasteiger partial charge in [0.05, 0.1) is 0 Å². The van der Waals surface area contributed by atoms with E-state index in [2.05, 4.69) is 58.9 Å². The van der Waals surface area contributed by atoms with Crippen molar-refractivity contribution >= 4 is 23.2 Å². The van der Waals surface area contributed by atoms with Crippen molar-refractivity contribution in [3.8, 4) is 0 Å². The number of benzene rings is 1. The summed E-state index contributed by atoms with van der Waals surface area (Å²) in [5, 5.41) is 5.01. The van der Waals surface area contributed by atoms with E-state index in [-0.39, 0.29) is 23.8 Å². The molecule has 1 aliphatic heterocycles. The van der Waals surface area contributed by atoms with Crippen LogP contribution >= 0.6 is 11.3 Å². The lowest BCUT2D eigenvalue weighted by atomic mass is 10.1. The number of carbonyl (C=O) groups is 2. The Labute approximate surface area is 188 Å². The van der Waals surface area contributed by atoms with Crippen LogP contribution in [0, 0.1) is 12.8 Å². The highest BCUT2D eigenvalue weighted by atomic mass is 32.1. The average Bonchev–Trinajstić information content (AvgIpc) is 3.31. The summed E-state index contributed by atoms with van der Waals surface area (Å²) in [6, 6.07) is 12.4. The topological polar surface area (TPSA) is 78.7 Å². The molecule has 1 aliphatic carbocycles. The maximum absolute atomic E-state index is 13.0. The molecule has 1 aromatic heterocycles. The van der Waals surface area contributed by atoms with Gasteiger partial charge in [-0.3, -0.25) is 14.5 Å². The molecule has 166 valence electrons. The minimum atomic E-state index is -0.410. The molecular weight excluding hydrogens is 408 g/mol. The van der Waals surface area contributed by atoms with Gasteiger partial charge in [0.2, 0.25) is 11.8 Å². The van der Waals surface area contributed by atoms with E-state index in [9.17, 15) is 9.59 Å². The van der Waals surface area contributed by atoms with Gasteiger partial charge in [-0.15, -0.1) is 11.3 Å². The lowest BCUT2D eigenvalue weighted by molar-refractivity contribution is -0.139. The van der Waals surface area contributed by atoms with Crippen molar-refractivity contribution in [3.63, 3.8) is 0 Å². The highest BCUT2D eigenvalue weighted by molar-refractivity contribution is 7.09. The predicted molar refractivity (Wildman–Crippen MR) is 123 cm³/mol. The summed E-state index contributed by atoms with van der Waals surface area (Å²) in [6.45, 7) is 5.20. The molecule has 1 saturated carbocycles. The minimum Gasteiger partial charge on any atom is -0.353 e. The fraction of sp³-hybridized carbons (Fsp3) is 0.500. The van der Waals surface area contributed by atoms with Crippen molar-refractivity contribution in [2.45, 2.75) is 51.4 Å². The molecule has 2 fully saturated rings. The van der Waals surface area contributed by atoms with Gasteiger partial charge in [0, 0.05) is 49.6 Å². The molecule has 2 aliphatic rings. The van der Waals surface area contributed by atoms with E-state index in [0.29, 0.717) is 26.1 Å². The smallest absolute Gasteiger partial charge is 0.242 e. The van der Waals surface area contributed by atoms with Crippen molar-refractivity contribution < 1.29 is 9.59 Å². The first-order valence-corrected chi connectivity index (χ1v) is 12.0. The van der Waals surface area contributed by atoms with Crippen LogP contribution in [-0.2, 0) is 22.7 Å². The SMILES string of the molecule is Cc1ccccc1CN(Cc1cccs1)C1CC(C(=O)NCCN)N(C(=O)C2CC2)C1. The Morgan fingerprint density at radius 3 is 2.68 bits per heavy atom. The van der Waals surface area contributed by atoms with Gasteiger partial charge in [0.15, 0.2) is 0 Å². The van der Waals surface area contributed by atoms with Crippen LogP contribution in [-0.4, -0.2) is 53.3 Å². The van der Waals surface area contributed by atoms with Crippen molar-refractivity contribution in [1.29, 1.82) is 0 Å². The molecule has 0 spiro atoms. The predicted octanol–water partition coefficient (Wildman–Crippen LogP) is 2.51. The number of amides is 2. The van der Waals surface area contributed by atoms with Crippen LogP contribution in [0.3, 0.4) is 0 Å². The number of hydrogen-bond donors (Lipinski definition) is 2. The number of hydrogen-bond acceptors (Lipinski definition) is 5. The Bertz CT molecular complexity index is 897. The molecule has 2 unspecified atom stereocenters. The highest BCUT2D eigenvalue weighted by Gasteiger charge is 2.45. The molecule has 31 heavy (non-hydrogen) atoms. The Morgan fingerprint density at radius 1 is 1.19 bits per heavy atom. The van der Waals surface area contributed by atoms with E-state index in [1.165, 1.54) is 16.0 Å². The minimum absolute atomic E-state index is 0.0751. The summed E-state index contributed by atoms with van der Waals surface area (Å²) in [5.74, 6) is 0.168. The van der Waals surface area contributed by atoms with Crippen LogP contribution in [0.25, 0.3) is 0 Å². The van der Waals surface area contributed by atoms with E-state index in [1.54, 1.807) is 11.3 Å². The van der Waals surface area contributed by atoms with Crippen molar-refractivity contribution in [3.05, 3.63) is 57.8 Å². The first-order valence-electron chi connectivity index (χ1n) is 11.2. The fourth-order valence-electron chi connectivity index (χ4n) is 4.37. The molecule has 3 N–H and O–H groups in total. The zero-order valence-corrected chi connectivity index (χ0v) is 18.9. The van der Waals surface area contributed by atoms with Crippen LogP contribution in [0.2, 0.25) is 0 Å². The lowest BCUT2D eigenvalue weighted by Crippen LogP contribution is -2.47. The van der Waals surface area contributed by atoms with E-state index in [0.717, 1.165) is 25.9 Å². The van der Waals surface area contributed by atoms with Gasteiger partial charge < -0.3 is 16.0 Å². The number of nitrogens with two attached hydrogens (primary N) is 1. The number of carbonyl (C=O) groups excluding carboxylic acids is 2. The summed E-state index contributed by atoms with van der Waals surface area (Å²) in [4.78, 5) is 31.5. The van der Waals surface area contributed by atoms with Crippen LogP contribution < -0.4 is 11.1 Å². The molecule has 6 nitrogen and oxygen atoms in total. The standard InChI is InChI=1S/C24H32N4O2S/c1-17-5-2-3-6-19(17)14-27(16-21-7-4-12-31-21)20-13-22(23(29)26-11-10-25)28(15-20)24(30)18-8-9-18/h2-7,12,18,20,22H,8-11,13-16,25H2,1H3,(H,26,29). The summed E-state index contributed by atoms with van der Waals surface area (Å²) in [7, 11) is 0. The van der Waals surface area contributed by atoms with E-state index in [4.69, 9.17) is 5.73 Å². The van der Waals surface area contributed by atoms with Gasteiger partial charge in [-0.05, 0) is 48.8 Å². The van der Waals surface area contributed by atoms with Crippen LogP contribution in [0.4, 0.5) is 0 Å². The largest absolute Gasteiger partial charge is 0.353 e. The number of nitrogens with one attached hydrogen (secondary N) is 1. The molecule has 2 heterocycles. The number of nitrogens with zero attached hydrogens (tertiary/aromatic N) is 2. The Morgan fingerprint density at radius 2 is 2.00 bits per heavy atom. The molecule has 1 aromatic carbocycles. The Kier molecular flexibility index (Phi) is 7.05. The van der Waals surface area contributed by atoms with Crippen LogP contribution in [0.1, 0.15) is 35.3 Å². The van der Waals surface area contributed by atoms with E-state index < -0.39 is 6.04 Å². The van der Waals surface area contributed by atoms with Gasteiger partial charge in [-0.2, -0.15) is 0 Å². The average molecular weight is 441 g/mol. The van der Waals surface area contributed by atoms with Crippen LogP contribution in [0.5, 0.6) is 0 Å². The molecule has 2 atom stereocenters. The van der Waals surface area contributed by atoms with Gasteiger partial charge in [0.1, 0.15) is 6.04 Å². The molecule has 4 rings (SSSR count). The molecule has 0 radical (unpaired) electrons. The normalized spacial score (nSPS) is 20.9. The zero-order chi connectivity index (χ0) is 21.8. The lowest BCUT2D eigenvalue weighted by Gasteiger charge is -2.29. The first-order chi connectivity index (χ1) is 15.1. The summed E-state index contributed by atoms with van der Waals surface area (Å²) in [5.41, 5.74) is 8.13. The van der Waals surface area contributed by atoms with Gasteiger partial charge >= 0.3 is 0 Å². The maximum Gasteiger partial charge on any atom is 0.242 e. The zero-order valence-electron chi connectivity index (χ0n) is 18.1. The third-order valence-electron chi connectivity index (χ3n) is 6.33. The second-order valence-electron chi connectivity index (χ2n) is 8.66. The van der Waals surface area contributed by atoms with E-state index >= 15 is 0 Å². The molecule has 0 bridgehead atoms. The van der Waals surface area contributed by atoms with Crippen molar-refractivity contribution in [2.24, 2.45) is 11.7 Å². The van der Waals surface area contributed by atoms with E-state index in [1.807, 2.05) is 4.90 Å². The van der Waals surface area contributed by atoms with Crippen molar-refractivity contribution in [2.75, 3.05) is 19.6 Å². The second-order valence-corrected chi connectivity index (χ2v) is 9.69. The third-order valence-corrected chi connectivity index (χ3v) is 7.19. The second kappa shape index (κ2) is 9.94. The quantitative estimate of drug-likeness (QED) is 0.628. The van der Waals surface area contributed by atoms with Gasteiger partial charge in [0.25, 0.3) is 0 Å². The summed E-state index contributed by atoms with van der Waals surface area (Å²) in [6.07, 6.45) is 2.55. The Hall–Kier alpha value is -2.22. The van der Waals surface area contributed by atoms with Crippen molar-refractivity contribution in [1.82, 2.24) is 15.1 Å². The van der Waals surface area contributed by atoms with Crippen LogP contribution in [0.15, 0.2) is 41.8 Å². The number of aryl methyl sites for hydroxylation is 1. The molecule has 2 amide bonds. The highest BCUT2D eigenvalue weighted by Crippen LogP contribution is 2.35. The molecular formula is C24H32N4O2S. The maximum atomic E-state index is 13.0. The summed E-state index contributed by atoms with van der Waals surface area (Å²) >= 11 is 1.75. The molecule has 1 saturated heterocycles. The Balaban J connectivity index is 1.56. The number of thiophene rings is 1. The monoisotopic (exact) mass is 440 g/mol. The summed E-state index contributed by atoms with van der Waals surface area (Å²) < 4.78 is 0. The molecule has 2 aromatic rings.